The van der Waals surface area contributed by atoms with E-state index in [2.05, 4.69) is 5.32 Å². The molecule has 0 heterocycles. The summed E-state index contributed by atoms with van der Waals surface area (Å²) in [5.74, 6) is -0.348. The normalized spacial score (nSPS) is 15.1. The van der Waals surface area contributed by atoms with Gasteiger partial charge >= 0.3 is 0 Å². The molecule has 0 aromatic rings. The van der Waals surface area contributed by atoms with Gasteiger partial charge in [0.15, 0.2) is 0 Å². The summed E-state index contributed by atoms with van der Waals surface area (Å²) in [6.07, 6.45) is 1.80. The van der Waals surface area contributed by atoms with Gasteiger partial charge in [0, 0.05) is 13.2 Å². The summed E-state index contributed by atoms with van der Waals surface area (Å²) in [4.78, 5) is 10.8. The van der Waals surface area contributed by atoms with E-state index in [0.717, 1.165) is 12.8 Å². The number of ether oxygens (including phenoxy) is 1. The molecule has 14 heavy (non-hydrogen) atoms. The highest BCUT2D eigenvalue weighted by molar-refractivity contribution is 5.79. The summed E-state index contributed by atoms with van der Waals surface area (Å²) < 4.78 is 5.03. The van der Waals surface area contributed by atoms with E-state index in [-0.39, 0.29) is 18.0 Å². The van der Waals surface area contributed by atoms with E-state index >= 15 is 0 Å². The molecular weight excluding hydrogens is 182 g/mol. The number of carbonyl (C=O) groups is 1. The molecule has 0 aliphatic carbocycles. The predicted octanol–water partition coefficient (Wildman–Crippen LogP) is -0.796. The van der Waals surface area contributed by atoms with Crippen molar-refractivity contribution in [2.24, 2.45) is 11.5 Å². The first-order valence-corrected chi connectivity index (χ1v) is 4.86. The molecule has 0 saturated carbocycles. The van der Waals surface area contributed by atoms with E-state index in [0.29, 0.717) is 13.2 Å². The van der Waals surface area contributed by atoms with Crippen LogP contribution in [-0.2, 0) is 9.53 Å². The van der Waals surface area contributed by atoms with Gasteiger partial charge in [-0.2, -0.15) is 0 Å². The third-order valence-electron chi connectivity index (χ3n) is 2.04. The van der Waals surface area contributed by atoms with Crippen molar-refractivity contribution in [1.29, 1.82) is 0 Å². The van der Waals surface area contributed by atoms with Gasteiger partial charge in [0.05, 0.1) is 12.6 Å². The van der Waals surface area contributed by atoms with Gasteiger partial charge in [0.25, 0.3) is 0 Å². The van der Waals surface area contributed by atoms with Crippen LogP contribution in [0.15, 0.2) is 0 Å². The van der Waals surface area contributed by atoms with Crippen LogP contribution in [0, 0.1) is 0 Å². The molecule has 5 nitrogen and oxygen atoms in total. The summed E-state index contributed by atoms with van der Waals surface area (Å²) in [5.41, 5.74) is 10.5. The molecule has 0 aromatic carbocycles. The van der Waals surface area contributed by atoms with Gasteiger partial charge in [-0.05, 0) is 26.3 Å². The molecule has 0 rings (SSSR count). The fraction of sp³-hybridized carbons (Fsp3) is 0.889. The van der Waals surface area contributed by atoms with E-state index in [1.807, 2.05) is 0 Å². The van der Waals surface area contributed by atoms with Gasteiger partial charge < -0.3 is 21.5 Å². The summed E-state index contributed by atoms with van der Waals surface area (Å²) in [7, 11) is 1.63. The number of carbonyl (C=O) groups excluding carboxylic acids is 1. The molecule has 0 spiro atoms. The van der Waals surface area contributed by atoms with Crippen molar-refractivity contribution in [1.82, 2.24) is 5.32 Å². The topological polar surface area (TPSA) is 90.4 Å². The van der Waals surface area contributed by atoms with Crippen molar-refractivity contribution in [3.05, 3.63) is 0 Å². The molecule has 0 aliphatic heterocycles. The van der Waals surface area contributed by atoms with E-state index < -0.39 is 0 Å². The molecule has 0 fully saturated rings. The van der Waals surface area contributed by atoms with Crippen LogP contribution in [0.2, 0.25) is 0 Å². The Morgan fingerprint density at radius 1 is 1.57 bits per heavy atom. The molecule has 5 N–H and O–H groups in total. The minimum Gasteiger partial charge on any atom is -0.383 e. The van der Waals surface area contributed by atoms with Crippen molar-refractivity contribution in [2.75, 3.05) is 20.3 Å². The predicted molar refractivity (Wildman–Crippen MR) is 55.7 cm³/mol. The maximum atomic E-state index is 10.8. The number of primary amides is 1. The minimum absolute atomic E-state index is 0.144. The zero-order chi connectivity index (χ0) is 11.0. The first kappa shape index (κ1) is 13.4. The van der Waals surface area contributed by atoms with Gasteiger partial charge in [-0.3, -0.25) is 4.79 Å². The highest BCUT2D eigenvalue weighted by Gasteiger charge is 2.14. The number of hydrogen-bond donors (Lipinski definition) is 3. The SMILES string of the molecule is COCC(CCCN)NC(C)C(N)=O. The van der Waals surface area contributed by atoms with Crippen LogP contribution >= 0.6 is 0 Å². The number of nitrogens with one attached hydrogen (secondary N) is 1. The fourth-order valence-electron chi connectivity index (χ4n) is 1.22. The van der Waals surface area contributed by atoms with Gasteiger partial charge in [0.1, 0.15) is 0 Å². The van der Waals surface area contributed by atoms with E-state index in [9.17, 15) is 4.79 Å². The van der Waals surface area contributed by atoms with Crippen molar-refractivity contribution < 1.29 is 9.53 Å². The van der Waals surface area contributed by atoms with Crippen molar-refractivity contribution in [2.45, 2.75) is 31.8 Å². The highest BCUT2D eigenvalue weighted by Crippen LogP contribution is 1.98. The quantitative estimate of drug-likeness (QED) is 0.482. The van der Waals surface area contributed by atoms with Gasteiger partial charge in [-0.25, -0.2) is 0 Å². The third-order valence-corrected chi connectivity index (χ3v) is 2.04. The molecule has 1 amide bonds. The average molecular weight is 203 g/mol. The van der Waals surface area contributed by atoms with Gasteiger partial charge in [0.2, 0.25) is 5.91 Å². The summed E-state index contributed by atoms with van der Waals surface area (Å²) >= 11 is 0. The summed E-state index contributed by atoms with van der Waals surface area (Å²) in [5, 5.41) is 3.10. The summed E-state index contributed by atoms with van der Waals surface area (Å²) in [6, 6.07) is -0.182. The zero-order valence-corrected chi connectivity index (χ0v) is 8.95. The smallest absolute Gasteiger partial charge is 0.234 e. The second kappa shape index (κ2) is 7.73. The van der Waals surface area contributed by atoms with Crippen LogP contribution in [-0.4, -0.2) is 38.3 Å². The van der Waals surface area contributed by atoms with Crippen LogP contribution in [0.3, 0.4) is 0 Å². The second-order valence-corrected chi connectivity index (χ2v) is 3.37. The molecule has 0 bridgehead atoms. The molecule has 0 saturated heterocycles. The Labute approximate surface area is 85.2 Å². The fourth-order valence-corrected chi connectivity index (χ4v) is 1.22. The Balaban J connectivity index is 3.87. The number of amides is 1. The van der Waals surface area contributed by atoms with Crippen LogP contribution in [0.4, 0.5) is 0 Å². The summed E-state index contributed by atoms with van der Waals surface area (Å²) in [6.45, 7) is 2.96. The van der Waals surface area contributed by atoms with E-state index in [1.54, 1.807) is 14.0 Å². The molecule has 84 valence electrons. The monoisotopic (exact) mass is 203 g/mol. The van der Waals surface area contributed by atoms with E-state index in [4.69, 9.17) is 16.2 Å². The van der Waals surface area contributed by atoms with Gasteiger partial charge in [-0.1, -0.05) is 0 Å². The lowest BCUT2D eigenvalue weighted by atomic mass is 10.1. The van der Waals surface area contributed by atoms with Crippen LogP contribution < -0.4 is 16.8 Å². The van der Waals surface area contributed by atoms with Crippen molar-refractivity contribution in [3.8, 4) is 0 Å². The standard InChI is InChI=1S/C9H21N3O2/c1-7(9(11)13)12-8(6-14-2)4-3-5-10/h7-8,12H,3-6,10H2,1-2H3,(H2,11,13). The lowest BCUT2D eigenvalue weighted by Crippen LogP contribution is -2.46. The van der Waals surface area contributed by atoms with Crippen LogP contribution in [0.1, 0.15) is 19.8 Å². The minimum atomic E-state index is -0.348. The number of hydrogen-bond acceptors (Lipinski definition) is 4. The number of nitrogens with two attached hydrogens (primary N) is 2. The van der Waals surface area contributed by atoms with Crippen molar-refractivity contribution in [3.63, 3.8) is 0 Å². The number of methoxy groups -OCH3 is 1. The molecule has 0 aliphatic rings. The van der Waals surface area contributed by atoms with Gasteiger partial charge in [-0.15, -0.1) is 0 Å². The Bertz CT molecular complexity index is 164. The Kier molecular flexibility index (Phi) is 7.37. The molecule has 0 aromatic heterocycles. The molecule has 2 unspecified atom stereocenters. The number of rotatable bonds is 8. The highest BCUT2D eigenvalue weighted by atomic mass is 16.5. The third kappa shape index (κ3) is 5.90. The Hall–Kier alpha value is -0.650. The zero-order valence-electron chi connectivity index (χ0n) is 8.95. The molecule has 2 atom stereocenters. The second-order valence-electron chi connectivity index (χ2n) is 3.37. The molecular formula is C9H21N3O2. The van der Waals surface area contributed by atoms with Crippen LogP contribution in [0.5, 0.6) is 0 Å². The maximum absolute atomic E-state index is 10.8. The van der Waals surface area contributed by atoms with E-state index in [1.165, 1.54) is 0 Å². The largest absolute Gasteiger partial charge is 0.383 e. The average Bonchev–Trinajstić information content (AvgIpc) is 2.14. The lowest BCUT2D eigenvalue weighted by molar-refractivity contribution is -0.119. The Morgan fingerprint density at radius 2 is 2.21 bits per heavy atom. The first-order valence-electron chi connectivity index (χ1n) is 4.86. The van der Waals surface area contributed by atoms with Crippen LogP contribution in [0.25, 0.3) is 0 Å². The molecule has 5 heteroatoms. The lowest BCUT2D eigenvalue weighted by Gasteiger charge is -2.20. The Morgan fingerprint density at radius 3 is 2.64 bits per heavy atom. The van der Waals surface area contributed by atoms with Crippen molar-refractivity contribution >= 4 is 5.91 Å². The molecule has 0 radical (unpaired) electrons. The maximum Gasteiger partial charge on any atom is 0.234 e. The first-order chi connectivity index (χ1) is 6.61.